The van der Waals surface area contributed by atoms with E-state index in [4.69, 9.17) is 39.5 Å². The molecule has 7 nitrogen and oxygen atoms in total. The van der Waals surface area contributed by atoms with Gasteiger partial charge in [0.2, 0.25) is 5.91 Å². The number of hydrogen-bond donors (Lipinski definition) is 2. The molecule has 3 aromatic rings. The number of rotatable bonds is 6. The van der Waals surface area contributed by atoms with Crippen LogP contribution in [0.25, 0.3) is 0 Å². The van der Waals surface area contributed by atoms with E-state index in [1.165, 1.54) is 0 Å². The number of ether oxygens (including phenoxy) is 1. The summed E-state index contributed by atoms with van der Waals surface area (Å²) in [4.78, 5) is 30.2. The third-order valence-corrected chi connectivity index (χ3v) is 8.26. The fourth-order valence-corrected chi connectivity index (χ4v) is 5.92. The van der Waals surface area contributed by atoms with Crippen LogP contribution >= 0.6 is 34.8 Å². The largest absolute Gasteiger partial charge is 0.493 e. The molecule has 2 aliphatic rings. The maximum absolute atomic E-state index is 14.7. The fraction of sp³-hybridized carbons (Fsp3) is 0.333. The molecule has 210 valence electrons. The smallest absolute Gasteiger partial charge is 0.262 e. The molecule has 2 amide bonds. The van der Waals surface area contributed by atoms with Gasteiger partial charge in [0.25, 0.3) is 5.91 Å². The van der Waals surface area contributed by atoms with Gasteiger partial charge in [-0.05, 0) is 54.4 Å². The average Bonchev–Trinajstić information content (AvgIpc) is 3.35. The Kier molecular flexibility index (Phi) is 8.59. The first-order chi connectivity index (χ1) is 19.2. The van der Waals surface area contributed by atoms with Crippen LogP contribution in [-0.2, 0) is 15.3 Å². The van der Waals surface area contributed by atoms with Crippen LogP contribution in [0.3, 0.4) is 0 Å². The van der Waals surface area contributed by atoms with Crippen LogP contribution in [0.1, 0.15) is 42.6 Å². The number of nitrogens with zero attached hydrogens (tertiary/aromatic N) is 2. The molecule has 10 heteroatoms. The predicted molar refractivity (Wildman–Crippen MR) is 158 cm³/mol. The second-order valence-corrected chi connectivity index (χ2v) is 11.3. The van der Waals surface area contributed by atoms with E-state index in [0.29, 0.717) is 59.2 Å². The fourth-order valence-electron chi connectivity index (χ4n) is 5.50. The summed E-state index contributed by atoms with van der Waals surface area (Å²) in [6.07, 6.45) is 0. The molecule has 3 aromatic carbocycles. The standard InChI is InChI=1S/C30H31Cl3N4O3/c1-3-40-26-18-24(33)12-13-25(26)30(29(39)37-16-14-36(15-17-37)19(2)38)34-27(20-4-8-22(31)9-5-20)28(35-30)21-6-10-23(32)11-7-21/h4-13,18,27-28,34-35H,3,14-17H2,1-2H3. The molecule has 0 bridgehead atoms. The van der Waals surface area contributed by atoms with Gasteiger partial charge in [0.1, 0.15) is 5.75 Å². The lowest BCUT2D eigenvalue weighted by molar-refractivity contribution is -0.144. The van der Waals surface area contributed by atoms with E-state index in [2.05, 4.69) is 10.6 Å². The van der Waals surface area contributed by atoms with Crippen molar-refractivity contribution in [2.75, 3.05) is 32.8 Å². The first kappa shape index (κ1) is 28.7. The second-order valence-electron chi connectivity index (χ2n) is 9.97. The van der Waals surface area contributed by atoms with E-state index in [9.17, 15) is 9.59 Å². The average molecular weight is 602 g/mol. The summed E-state index contributed by atoms with van der Waals surface area (Å²) in [6.45, 7) is 5.61. The van der Waals surface area contributed by atoms with Gasteiger partial charge in [-0.1, -0.05) is 65.1 Å². The minimum Gasteiger partial charge on any atom is -0.493 e. The zero-order valence-corrected chi connectivity index (χ0v) is 24.6. The van der Waals surface area contributed by atoms with Crippen molar-refractivity contribution < 1.29 is 14.3 Å². The van der Waals surface area contributed by atoms with E-state index in [1.807, 2.05) is 61.5 Å². The van der Waals surface area contributed by atoms with Crippen molar-refractivity contribution in [1.82, 2.24) is 20.4 Å². The first-order valence-corrected chi connectivity index (χ1v) is 14.4. The maximum Gasteiger partial charge on any atom is 0.262 e. The minimum absolute atomic E-state index is 0.000803. The lowest BCUT2D eigenvalue weighted by atomic mass is 9.95. The molecule has 0 radical (unpaired) electrons. The molecule has 0 aromatic heterocycles. The van der Waals surface area contributed by atoms with Gasteiger partial charge in [-0.2, -0.15) is 0 Å². The number of carbonyl (C=O) groups excluding carboxylic acids is 2. The summed E-state index contributed by atoms with van der Waals surface area (Å²) in [7, 11) is 0. The molecule has 2 atom stereocenters. The summed E-state index contributed by atoms with van der Waals surface area (Å²) < 4.78 is 6.03. The highest BCUT2D eigenvalue weighted by Gasteiger charge is 2.54. The van der Waals surface area contributed by atoms with E-state index in [0.717, 1.165) is 11.1 Å². The highest BCUT2D eigenvalue weighted by atomic mass is 35.5. The number of benzene rings is 3. The Morgan fingerprint density at radius 3 is 1.75 bits per heavy atom. The quantitative estimate of drug-likeness (QED) is 0.387. The zero-order chi connectivity index (χ0) is 28.4. The Hall–Kier alpha value is -2.81. The topological polar surface area (TPSA) is 73.9 Å². The number of halogens is 3. The van der Waals surface area contributed by atoms with Crippen molar-refractivity contribution in [2.24, 2.45) is 0 Å². The summed E-state index contributed by atoms with van der Waals surface area (Å²) in [5, 5.41) is 9.13. The summed E-state index contributed by atoms with van der Waals surface area (Å²) >= 11 is 18.8. The third-order valence-electron chi connectivity index (χ3n) is 7.52. The molecule has 0 saturated carbocycles. The summed E-state index contributed by atoms with van der Waals surface area (Å²) in [5.41, 5.74) is 1.19. The molecule has 2 N–H and O–H groups in total. The Balaban J connectivity index is 1.64. The van der Waals surface area contributed by atoms with Crippen LogP contribution in [0.5, 0.6) is 5.75 Å². The first-order valence-electron chi connectivity index (χ1n) is 13.3. The molecule has 2 unspecified atom stereocenters. The molecule has 2 heterocycles. The maximum atomic E-state index is 14.7. The second kappa shape index (κ2) is 12.0. The molecule has 40 heavy (non-hydrogen) atoms. The van der Waals surface area contributed by atoms with Gasteiger partial charge in [0.05, 0.1) is 18.7 Å². The van der Waals surface area contributed by atoms with Gasteiger partial charge >= 0.3 is 0 Å². The Morgan fingerprint density at radius 2 is 1.27 bits per heavy atom. The highest BCUT2D eigenvalue weighted by Crippen LogP contribution is 2.45. The lowest BCUT2D eigenvalue weighted by Crippen LogP contribution is -2.62. The Labute approximate surface area is 249 Å². The molecular weight excluding hydrogens is 571 g/mol. The van der Waals surface area contributed by atoms with Crippen LogP contribution in [0.2, 0.25) is 15.1 Å². The van der Waals surface area contributed by atoms with E-state index in [1.54, 1.807) is 28.9 Å². The van der Waals surface area contributed by atoms with Crippen molar-refractivity contribution in [3.8, 4) is 5.75 Å². The van der Waals surface area contributed by atoms with Gasteiger partial charge in [0, 0.05) is 53.7 Å². The van der Waals surface area contributed by atoms with E-state index in [-0.39, 0.29) is 23.9 Å². The molecule has 0 spiro atoms. The third kappa shape index (κ3) is 5.67. The van der Waals surface area contributed by atoms with Crippen molar-refractivity contribution in [1.29, 1.82) is 0 Å². The van der Waals surface area contributed by atoms with Crippen LogP contribution in [0.4, 0.5) is 0 Å². The van der Waals surface area contributed by atoms with Crippen molar-refractivity contribution in [2.45, 2.75) is 31.6 Å². The zero-order valence-electron chi connectivity index (χ0n) is 22.3. The number of hydrogen-bond acceptors (Lipinski definition) is 5. The molecule has 5 rings (SSSR count). The monoisotopic (exact) mass is 600 g/mol. The molecular formula is C30H31Cl3N4O3. The van der Waals surface area contributed by atoms with Gasteiger partial charge < -0.3 is 14.5 Å². The number of nitrogens with one attached hydrogen (secondary N) is 2. The van der Waals surface area contributed by atoms with Crippen LogP contribution in [0.15, 0.2) is 66.7 Å². The Bertz CT molecular complexity index is 1320. The summed E-state index contributed by atoms with van der Waals surface area (Å²) in [5.74, 6) is 0.354. The van der Waals surface area contributed by atoms with Gasteiger partial charge in [-0.25, -0.2) is 0 Å². The molecule has 0 aliphatic carbocycles. The van der Waals surface area contributed by atoms with Crippen molar-refractivity contribution in [3.63, 3.8) is 0 Å². The summed E-state index contributed by atoms with van der Waals surface area (Å²) in [6, 6.07) is 19.9. The molecule has 2 fully saturated rings. The van der Waals surface area contributed by atoms with Crippen LogP contribution in [-0.4, -0.2) is 54.4 Å². The SMILES string of the molecule is CCOc1cc(Cl)ccc1C1(C(=O)N2CCN(C(C)=O)CC2)NC(c2ccc(Cl)cc2)C(c2ccc(Cl)cc2)N1. The highest BCUT2D eigenvalue weighted by molar-refractivity contribution is 6.31. The number of piperazine rings is 1. The van der Waals surface area contributed by atoms with Gasteiger partial charge in [0.15, 0.2) is 5.66 Å². The Morgan fingerprint density at radius 1 is 0.800 bits per heavy atom. The lowest BCUT2D eigenvalue weighted by Gasteiger charge is -2.40. The van der Waals surface area contributed by atoms with Gasteiger partial charge in [-0.3, -0.25) is 20.2 Å². The number of amides is 2. The minimum atomic E-state index is -1.36. The predicted octanol–water partition coefficient (Wildman–Crippen LogP) is 5.56. The van der Waals surface area contributed by atoms with Crippen LogP contribution in [0, 0.1) is 0 Å². The van der Waals surface area contributed by atoms with Crippen LogP contribution < -0.4 is 15.4 Å². The molecule has 2 saturated heterocycles. The number of carbonyl (C=O) groups is 2. The molecule has 2 aliphatic heterocycles. The van der Waals surface area contributed by atoms with Gasteiger partial charge in [-0.15, -0.1) is 0 Å². The van der Waals surface area contributed by atoms with E-state index >= 15 is 0 Å². The normalized spacial score (nSPS) is 22.8. The van der Waals surface area contributed by atoms with Crippen molar-refractivity contribution >= 4 is 46.6 Å². The van der Waals surface area contributed by atoms with E-state index < -0.39 is 5.66 Å². The van der Waals surface area contributed by atoms with Crippen molar-refractivity contribution in [3.05, 3.63) is 98.5 Å².